The number of hydrogen-bond acceptors (Lipinski definition) is 5. The number of carbonyl (C=O) groups is 1. The number of amides is 1. The van der Waals surface area contributed by atoms with Gasteiger partial charge >= 0.3 is 0 Å². The molecule has 1 heterocycles. The van der Waals surface area contributed by atoms with Crippen LogP contribution in [0.2, 0.25) is 0 Å². The second kappa shape index (κ2) is 8.85. The first kappa shape index (κ1) is 18.5. The predicted molar refractivity (Wildman–Crippen MR) is 97.9 cm³/mol. The van der Waals surface area contributed by atoms with E-state index in [4.69, 9.17) is 5.73 Å². The summed E-state index contributed by atoms with van der Waals surface area (Å²) in [6.45, 7) is 6.58. The molecule has 4 N–H and O–H groups in total. The summed E-state index contributed by atoms with van der Waals surface area (Å²) in [7, 11) is 0. The van der Waals surface area contributed by atoms with Gasteiger partial charge in [-0.15, -0.1) is 0 Å². The normalized spacial score (nSPS) is 16.1. The van der Waals surface area contributed by atoms with Gasteiger partial charge in [0.05, 0.1) is 5.69 Å². The number of nitrogen functional groups attached to an aromatic ring is 1. The van der Waals surface area contributed by atoms with Gasteiger partial charge in [-0.2, -0.15) is 4.98 Å². The van der Waals surface area contributed by atoms with Crippen LogP contribution >= 0.6 is 0 Å². The Morgan fingerprint density at radius 1 is 1.29 bits per heavy atom. The van der Waals surface area contributed by atoms with E-state index in [0.29, 0.717) is 18.4 Å². The summed E-state index contributed by atoms with van der Waals surface area (Å²) in [4.78, 5) is 20.2. The Kier molecular flexibility index (Phi) is 6.82. The Hall–Kier alpha value is -1.85. The third-order valence-corrected chi connectivity index (χ3v) is 4.79. The van der Waals surface area contributed by atoms with Crippen LogP contribution in [-0.2, 0) is 17.6 Å². The molecule has 6 nitrogen and oxygen atoms in total. The third-order valence-electron chi connectivity index (χ3n) is 4.79. The summed E-state index contributed by atoms with van der Waals surface area (Å²) in [5.41, 5.74) is 8.18. The lowest BCUT2D eigenvalue weighted by Gasteiger charge is -2.28. The number of rotatable bonds is 8. The van der Waals surface area contributed by atoms with E-state index in [1.807, 2.05) is 0 Å². The van der Waals surface area contributed by atoms with Gasteiger partial charge in [0, 0.05) is 25.1 Å². The highest BCUT2D eigenvalue weighted by molar-refractivity contribution is 5.72. The molecule has 24 heavy (non-hydrogen) atoms. The van der Waals surface area contributed by atoms with E-state index < -0.39 is 0 Å². The average Bonchev–Trinajstić information content (AvgIpc) is 2.55. The highest BCUT2D eigenvalue weighted by Gasteiger charge is 2.22. The van der Waals surface area contributed by atoms with E-state index in [9.17, 15) is 4.79 Å². The van der Waals surface area contributed by atoms with Crippen LogP contribution in [0.5, 0.6) is 0 Å². The summed E-state index contributed by atoms with van der Waals surface area (Å²) >= 11 is 0. The average molecular weight is 333 g/mol. The quantitative estimate of drug-likeness (QED) is 0.680. The molecule has 0 saturated carbocycles. The monoisotopic (exact) mass is 333 g/mol. The highest BCUT2D eigenvalue weighted by Crippen LogP contribution is 2.27. The molecule has 0 spiro atoms. The number of fused-ring (bicyclic) bond motifs is 1. The molecule has 0 bridgehead atoms. The Morgan fingerprint density at radius 2 is 2.04 bits per heavy atom. The molecule has 1 amide bonds. The second-order valence-electron chi connectivity index (χ2n) is 6.87. The first-order valence-corrected chi connectivity index (χ1v) is 9.17. The van der Waals surface area contributed by atoms with Crippen LogP contribution in [0.3, 0.4) is 0 Å². The largest absolute Gasteiger partial charge is 0.368 e. The molecule has 0 aromatic carbocycles. The smallest absolute Gasteiger partial charge is 0.222 e. The lowest BCUT2D eigenvalue weighted by atomic mass is 9.93. The van der Waals surface area contributed by atoms with Gasteiger partial charge in [0.25, 0.3) is 0 Å². The number of carbonyl (C=O) groups excluding carboxylic acids is 1. The highest BCUT2D eigenvalue weighted by atomic mass is 16.1. The van der Waals surface area contributed by atoms with Crippen LogP contribution in [0.25, 0.3) is 0 Å². The topological polar surface area (TPSA) is 92.9 Å². The minimum atomic E-state index is -0.00581. The van der Waals surface area contributed by atoms with Crippen molar-refractivity contribution in [2.24, 2.45) is 5.92 Å². The molecular weight excluding hydrogens is 302 g/mol. The van der Waals surface area contributed by atoms with Gasteiger partial charge in [-0.05, 0) is 38.0 Å². The molecule has 1 aliphatic rings. The molecule has 1 aromatic heterocycles. The summed E-state index contributed by atoms with van der Waals surface area (Å²) in [5, 5.41) is 6.51. The third kappa shape index (κ3) is 5.08. The van der Waals surface area contributed by atoms with E-state index >= 15 is 0 Å². The van der Waals surface area contributed by atoms with Crippen LogP contribution in [-0.4, -0.2) is 28.5 Å². The summed E-state index contributed by atoms with van der Waals surface area (Å²) in [5.74, 6) is 1.62. The number of anilines is 2. The number of nitrogens with zero attached hydrogens (tertiary/aromatic N) is 2. The standard InChI is InChI=1S/C18H31N5O/c1-4-5-8-12(2)16(11-20-13(3)24)21-17-14-9-6-7-10-15(14)22-18(19)23-17/h12,16H,4-11H2,1-3H3,(H,20,24)(H3,19,21,22,23). The molecule has 6 heteroatoms. The number of hydrogen-bond donors (Lipinski definition) is 3. The van der Waals surface area contributed by atoms with Gasteiger partial charge in [-0.1, -0.05) is 26.7 Å². The Bertz CT molecular complexity index is 561. The molecule has 0 aliphatic heterocycles. The van der Waals surface area contributed by atoms with Gasteiger partial charge in [-0.3, -0.25) is 4.79 Å². The fourth-order valence-electron chi connectivity index (χ4n) is 3.28. The van der Waals surface area contributed by atoms with E-state index in [1.54, 1.807) is 6.92 Å². The number of unbranched alkanes of at least 4 members (excludes halogenated alkanes) is 1. The van der Waals surface area contributed by atoms with Gasteiger partial charge < -0.3 is 16.4 Å². The molecular formula is C18H31N5O. The summed E-state index contributed by atoms with van der Waals surface area (Å²) in [6.07, 6.45) is 7.77. The summed E-state index contributed by atoms with van der Waals surface area (Å²) < 4.78 is 0. The maximum atomic E-state index is 11.3. The Morgan fingerprint density at radius 3 is 2.75 bits per heavy atom. The van der Waals surface area contributed by atoms with Crippen molar-refractivity contribution in [1.29, 1.82) is 0 Å². The molecule has 2 atom stereocenters. The van der Waals surface area contributed by atoms with Gasteiger partial charge in [-0.25, -0.2) is 4.98 Å². The first-order valence-electron chi connectivity index (χ1n) is 9.17. The Balaban J connectivity index is 2.18. The lowest BCUT2D eigenvalue weighted by Crippen LogP contribution is -2.40. The number of aryl methyl sites for hydroxylation is 1. The van der Waals surface area contributed by atoms with Crippen LogP contribution in [0.15, 0.2) is 0 Å². The fraction of sp³-hybridized carbons (Fsp3) is 0.722. The lowest BCUT2D eigenvalue weighted by molar-refractivity contribution is -0.119. The first-order chi connectivity index (χ1) is 11.5. The molecule has 0 radical (unpaired) electrons. The number of nitrogens with one attached hydrogen (secondary N) is 2. The second-order valence-corrected chi connectivity index (χ2v) is 6.87. The zero-order valence-corrected chi connectivity index (χ0v) is 15.2. The van der Waals surface area contributed by atoms with Crippen LogP contribution in [0.4, 0.5) is 11.8 Å². The van der Waals surface area contributed by atoms with Crippen molar-refractivity contribution in [2.45, 2.75) is 71.8 Å². The minimum absolute atomic E-state index is 0.00581. The molecule has 2 unspecified atom stereocenters. The van der Waals surface area contributed by atoms with Crippen LogP contribution in [0.1, 0.15) is 64.1 Å². The predicted octanol–water partition coefficient (Wildman–Crippen LogP) is 2.68. The van der Waals surface area contributed by atoms with Crippen molar-refractivity contribution in [2.75, 3.05) is 17.6 Å². The molecule has 0 fully saturated rings. The van der Waals surface area contributed by atoms with Gasteiger partial charge in [0.1, 0.15) is 5.82 Å². The van der Waals surface area contributed by atoms with Gasteiger partial charge in [0.2, 0.25) is 11.9 Å². The van der Waals surface area contributed by atoms with E-state index in [-0.39, 0.29) is 11.9 Å². The van der Waals surface area contributed by atoms with Crippen molar-refractivity contribution in [3.05, 3.63) is 11.3 Å². The molecule has 2 rings (SSSR count). The van der Waals surface area contributed by atoms with Crippen LogP contribution < -0.4 is 16.4 Å². The van der Waals surface area contributed by atoms with Crippen LogP contribution in [0, 0.1) is 5.92 Å². The van der Waals surface area contributed by atoms with E-state index in [2.05, 4.69) is 34.4 Å². The summed E-state index contributed by atoms with van der Waals surface area (Å²) in [6, 6.07) is 0.140. The Labute approximate surface area is 145 Å². The SMILES string of the molecule is CCCCC(C)C(CNC(C)=O)Nc1nc(N)nc2c1CCCC2. The van der Waals surface area contributed by atoms with Crippen molar-refractivity contribution in [1.82, 2.24) is 15.3 Å². The van der Waals surface area contributed by atoms with Gasteiger partial charge in [0.15, 0.2) is 0 Å². The van der Waals surface area contributed by atoms with E-state index in [0.717, 1.165) is 43.6 Å². The molecule has 134 valence electrons. The molecule has 1 aromatic rings. The molecule has 0 saturated heterocycles. The van der Waals surface area contributed by atoms with E-state index in [1.165, 1.54) is 18.4 Å². The zero-order valence-electron chi connectivity index (χ0n) is 15.2. The van der Waals surface area contributed by atoms with Crippen molar-refractivity contribution >= 4 is 17.7 Å². The van der Waals surface area contributed by atoms with Crippen molar-refractivity contribution in [3.63, 3.8) is 0 Å². The number of nitrogens with two attached hydrogens (primary N) is 1. The maximum absolute atomic E-state index is 11.3. The fourth-order valence-corrected chi connectivity index (χ4v) is 3.28. The maximum Gasteiger partial charge on any atom is 0.222 e. The van der Waals surface area contributed by atoms with Crippen molar-refractivity contribution in [3.8, 4) is 0 Å². The zero-order chi connectivity index (χ0) is 17.5. The molecule has 1 aliphatic carbocycles. The van der Waals surface area contributed by atoms with Crippen molar-refractivity contribution < 1.29 is 4.79 Å². The number of aromatic nitrogens is 2. The minimum Gasteiger partial charge on any atom is -0.368 e.